The molecule has 0 bridgehead atoms. The van der Waals surface area contributed by atoms with Crippen molar-refractivity contribution in [3.05, 3.63) is 0 Å². The molecule has 120 valence electrons. The van der Waals surface area contributed by atoms with Crippen LogP contribution in [0, 0.1) is 0 Å². The van der Waals surface area contributed by atoms with Gasteiger partial charge < -0.3 is 14.6 Å². The number of aliphatic hydroxyl groups is 1. The first kappa shape index (κ1) is 19.4. The van der Waals surface area contributed by atoms with E-state index in [4.69, 9.17) is 4.74 Å². The van der Waals surface area contributed by atoms with Crippen molar-refractivity contribution in [1.82, 2.24) is 0 Å². The van der Waals surface area contributed by atoms with Crippen LogP contribution in [0.25, 0.3) is 0 Å². The molecule has 0 aliphatic carbocycles. The van der Waals surface area contributed by atoms with Crippen LogP contribution >= 0.6 is 0 Å². The molecule has 4 nitrogen and oxygen atoms in total. The van der Waals surface area contributed by atoms with Crippen LogP contribution in [0.5, 0.6) is 0 Å². The smallest absolute Gasteiger partial charge is 0.308 e. The van der Waals surface area contributed by atoms with E-state index in [2.05, 4.69) is 11.7 Å². The highest BCUT2D eigenvalue weighted by atomic mass is 16.5. The van der Waals surface area contributed by atoms with E-state index in [1.165, 1.54) is 45.6 Å². The molecule has 0 saturated heterocycles. The highest BCUT2D eigenvalue weighted by Crippen LogP contribution is 2.07. The summed E-state index contributed by atoms with van der Waals surface area (Å²) >= 11 is 0. The monoisotopic (exact) mass is 288 g/mol. The van der Waals surface area contributed by atoms with Gasteiger partial charge in [0.05, 0.1) is 19.6 Å². The fourth-order valence-electron chi connectivity index (χ4n) is 2.06. The summed E-state index contributed by atoms with van der Waals surface area (Å²) in [5.74, 6) is -0.360. The number of ether oxygens (including phenoxy) is 2. The summed E-state index contributed by atoms with van der Waals surface area (Å²) in [6.07, 6.45) is 9.87. The van der Waals surface area contributed by atoms with Gasteiger partial charge in [0.25, 0.3) is 0 Å². The molecule has 0 amide bonds. The molecular formula is C16H32O4. The predicted molar refractivity (Wildman–Crippen MR) is 80.7 cm³/mol. The van der Waals surface area contributed by atoms with Crippen molar-refractivity contribution in [2.24, 2.45) is 0 Å². The van der Waals surface area contributed by atoms with E-state index in [1.54, 1.807) is 0 Å². The van der Waals surface area contributed by atoms with Crippen LogP contribution in [-0.4, -0.2) is 37.5 Å². The fourth-order valence-corrected chi connectivity index (χ4v) is 2.06. The van der Waals surface area contributed by atoms with Crippen LogP contribution in [0.2, 0.25) is 0 Å². The maximum atomic E-state index is 10.9. The van der Waals surface area contributed by atoms with E-state index in [9.17, 15) is 9.90 Å². The molecular weight excluding hydrogens is 256 g/mol. The van der Waals surface area contributed by atoms with Crippen LogP contribution < -0.4 is 0 Å². The Balaban J connectivity index is 3.14. The van der Waals surface area contributed by atoms with Gasteiger partial charge in [0.15, 0.2) is 0 Å². The molecule has 20 heavy (non-hydrogen) atoms. The van der Waals surface area contributed by atoms with Gasteiger partial charge in [-0.3, -0.25) is 4.79 Å². The van der Waals surface area contributed by atoms with Crippen molar-refractivity contribution in [3.63, 3.8) is 0 Å². The maximum Gasteiger partial charge on any atom is 0.308 e. The molecule has 0 rings (SSSR count). The van der Waals surface area contributed by atoms with E-state index in [-0.39, 0.29) is 12.4 Å². The van der Waals surface area contributed by atoms with Gasteiger partial charge in [0, 0.05) is 13.2 Å². The Labute approximate surface area is 123 Å². The van der Waals surface area contributed by atoms with Gasteiger partial charge in [-0.05, 0) is 19.3 Å². The molecule has 0 aromatic heterocycles. The SMILES string of the molecule is CCCCCCCCCOCCC[C@H](O)CC(=O)OC. The number of hydrogen-bond acceptors (Lipinski definition) is 4. The quantitative estimate of drug-likeness (QED) is 0.393. The number of unbranched alkanes of at least 4 members (excludes halogenated alkanes) is 6. The Bertz CT molecular complexity index is 219. The summed E-state index contributed by atoms with van der Waals surface area (Å²) in [5.41, 5.74) is 0. The Hall–Kier alpha value is -0.610. The van der Waals surface area contributed by atoms with E-state index in [1.807, 2.05) is 0 Å². The highest BCUT2D eigenvalue weighted by Gasteiger charge is 2.10. The number of carbonyl (C=O) groups excluding carboxylic acids is 1. The Kier molecular flexibility index (Phi) is 14.3. The average Bonchev–Trinajstić information content (AvgIpc) is 2.44. The van der Waals surface area contributed by atoms with Crippen molar-refractivity contribution in [2.45, 2.75) is 77.2 Å². The van der Waals surface area contributed by atoms with E-state index in [0.29, 0.717) is 13.0 Å². The minimum atomic E-state index is -0.607. The Morgan fingerprint density at radius 3 is 2.25 bits per heavy atom. The molecule has 0 aromatic rings. The van der Waals surface area contributed by atoms with Crippen LogP contribution in [0.4, 0.5) is 0 Å². The zero-order chi connectivity index (χ0) is 15.1. The molecule has 4 heteroatoms. The zero-order valence-corrected chi connectivity index (χ0v) is 13.2. The number of rotatable bonds is 14. The van der Waals surface area contributed by atoms with Gasteiger partial charge in [0.1, 0.15) is 0 Å². The number of carbonyl (C=O) groups is 1. The second-order valence-electron chi connectivity index (χ2n) is 5.31. The molecule has 1 N–H and O–H groups in total. The van der Waals surface area contributed by atoms with Crippen LogP contribution in [-0.2, 0) is 14.3 Å². The first-order valence-corrected chi connectivity index (χ1v) is 8.03. The van der Waals surface area contributed by atoms with Crippen molar-refractivity contribution in [1.29, 1.82) is 0 Å². The Morgan fingerprint density at radius 2 is 1.60 bits per heavy atom. The molecule has 0 fully saturated rings. The normalized spacial score (nSPS) is 12.3. The van der Waals surface area contributed by atoms with Crippen LogP contribution in [0.1, 0.15) is 71.1 Å². The van der Waals surface area contributed by atoms with Crippen molar-refractivity contribution in [3.8, 4) is 0 Å². The molecule has 0 spiro atoms. The first-order chi connectivity index (χ1) is 9.70. The lowest BCUT2D eigenvalue weighted by molar-refractivity contribution is -0.142. The number of esters is 1. The fraction of sp³-hybridized carbons (Fsp3) is 0.938. The Morgan fingerprint density at radius 1 is 1.00 bits per heavy atom. The number of hydrogen-bond donors (Lipinski definition) is 1. The maximum absolute atomic E-state index is 10.9. The largest absolute Gasteiger partial charge is 0.469 e. The van der Waals surface area contributed by atoms with Gasteiger partial charge in [-0.1, -0.05) is 45.4 Å². The van der Waals surface area contributed by atoms with E-state index in [0.717, 1.165) is 19.4 Å². The lowest BCUT2D eigenvalue weighted by Crippen LogP contribution is -2.15. The second-order valence-corrected chi connectivity index (χ2v) is 5.31. The topological polar surface area (TPSA) is 55.8 Å². The third-order valence-electron chi connectivity index (χ3n) is 3.35. The van der Waals surface area contributed by atoms with Crippen LogP contribution in [0.15, 0.2) is 0 Å². The molecule has 0 saturated carbocycles. The van der Waals surface area contributed by atoms with Crippen molar-refractivity contribution < 1.29 is 19.4 Å². The molecule has 0 radical (unpaired) electrons. The average molecular weight is 288 g/mol. The van der Waals surface area contributed by atoms with Gasteiger partial charge in [-0.25, -0.2) is 0 Å². The molecule has 0 aliphatic rings. The van der Waals surface area contributed by atoms with Gasteiger partial charge in [0.2, 0.25) is 0 Å². The summed E-state index contributed by atoms with van der Waals surface area (Å²) < 4.78 is 10.0. The standard InChI is InChI=1S/C16H32O4/c1-3-4-5-6-7-8-9-12-20-13-10-11-15(17)14-16(18)19-2/h15,17H,3-14H2,1-2H3/t15-/m0/s1. The van der Waals surface area contributed by atoms with Gasteiger partial charge in [-0.2, -0.15) is 0 Å². The minimum Gasteiger partial charge on any atom is -0.469 e. The molecule has 0 heterocycles. The molecule has 0 aliphatic heterocycles. The van der Waals surface area contributed by atoms with Crippen molar-refractivity contribution >= 4 is 5.97 Å². The lowest BCUT2D eigenvalue weighted by atomic mass is 10.1. The molecule has 0 unspecified atom stereocenters. The van der Waals surface area contributed by atoms with E-state index < -0.39 is 6.10 Å². The lowest BCUT2D eigenvalue weighted by Gasteiger charge is -2.09. The summed E-state index contributed by atoms with van der Waals surface area (Å²) in [6.45, 7) is 3.70. The van der Waals surface area contributed by atoms with Crippen molar-refractivity contribution in [2.75, 3.05) is 20.3 Å². The summed E-state index contributed by atoms with van der Waals surface area (Å²) in [4.78, 5) is 10.9. The zero-order valence-electron chi connectivity index (χ0n) is 13.2. The third kappa shape index (κ3) is 13.8. The first-order valence-electron chi connectivity index (χ1n) is 8.03. The third-order valence-corrected chi connectivity index (χ3v) is 3.35. The summed E-state index contributed by atoms with van der Waals surface area (Å²) in [7, 11) is 1.33. The number of methoxy groups -OCH3 is 1. The highest BCUT2D eigenvalue weighted by molar-refractivity contribution is 5.69. The van der Waals surface area contributed by atoms with Gasteiger partial charge >= 0.3 is 5.97 Å². The van der Waals surface area contributed by atoms with Crippen LogP contribution in [0.3, 0.4) is 0 Å². The summed E-state index contributed by atoms with van der Waals surface area (Å²) in [5, 5.41) is 9.54. The summed E-state index contributed by atoms with van der Waals surface area (Å²) in [6, 6.07) is 0. The molecule has 0 aromatic carbocycles. The predicted octanol–water partition coefficient (Wildman–Crippen LogP) is 3.46. The molecule has 1 atom stereocenters. The van der Waals surface area contributed by atoms with E-state index >= 15 is 0 Å². The minimum absolute atomic E-state index is 0.0776. The second kappa shape index (κ2) is 14.8. The van der Waals surface area contributed by atoms with Gasteiger partial charge in [-0.15, -0.1) is 0 Å². The number of aliphatic hydroxyl groups excluding tert-OH is 1.